The number of aryl methyl sites for hydroxylation is 1. The average Bonchev–Trinajstić information content (AvgIpc) is 2.53. The molecule has 0 aliphatic rings. The predicted octanol–water partition coefficient (Wildman–Crippen LogP) is 3.54. The molecule has 0 bridgehead atoms. The summed E-state index contributed by atoms with van der Waals surface area (Å²) in [6.07, 6.45) is 0. The summed E-state index contributed by atoms with van der Waals surface area (Å²) < 4.78 is 53.7. The molecule has 26 heavy (non-hydrogen) atoms. The third-order valence-corrected chi connectivity index (χ3v) is 5.42. The van der Waals surface area contributed by atoms with Crippen LogP contribution in [0.5, 0.6) is 0 Å². The molecule has 2 aromatic rings. The molecule has 0 radical (unpaired) electrons. The van der Waals surface area contributed by atoms with Crippen molar-refractivity contribution in [2.24, 2.45) is 0 Å². The van der Waals surface area contributed by atoms with Gasteiger partial charge in [0.2, 0.25) is 5.69 Å². The zero-order valence-corrected chi connectivity index (χ0v) is 17.0. The van der Waals surface area contributed by atoms with E-state index in [0.717, 1.165) is 10.0 Å². The van der Waals surface area contributed by atoms with Crippen LogP contribution in [0.15, 0.2) is 41.3 Å². The second kappa shape index (κ2) is 9.33. The first-order valence-corrected chi connectivity index (χ1v) is 10.4. The Morgan fingerprint density at radius 1 is 1.15 bits per heavy atom. The van der Waals surface area contributed by atoms with Crippen LogP contribution in [-0.2, 0) is 20.6 Å². The lowest BCUT2D eigenvalue weighted by atomic mass is 10.2. The molecular weight excluding hydrogens is 423 g/mol. The van der Waals surface area contributed by atoms with Crippen LogP contribution < -0.4 is 5.73 Å². The maximum atomic E-state index is 11.0. The second-order valence-corrected chi connectivity index (χ2v) is 8.14. The van der Waals surface area contributed by atoms with Gasteiger partial charge >= 0.3 is 10.5 Å². The van der Waals surface area contributed by atoms with Crippen molar-refractivity contribution in [3.05, 3.63) is 52.0 Å². The summed E-state index contributed by atoms with van der Waals surface area (Å²) in [5, 5.41) is 1.15. The van der Waals surface area contributed by atoms with Crippen LogP contribution in [0.1, 0.15) is 12.5 Å². The fourth-order valence-electron chi connectivity index (χ4n) is 1.89. The Hall–Kier alpha value is -1.65. The summed E-state index contributed by atoms with van der Waals surface area (Å²) in [6.45, 7) is 3.44. The first kappa shape index (κ1) is 22.4. The molecule has 0 aliphatic carbocycles. The molecule has 0 saturated heterocycles. The number of nitrogens with zero attached hydrogens (tertiary/aromatic N) is 1. The fraction of sp³-hybridized carbons (Fsp3) is 0.200. The van der Waals surface area contributed by atoms with E-state index in [9.17, 15) is 16.8 Å². The van der Waals surface area contributed by atoms with Gasteiger partial charge in [-0.1, -0.05) is 33.2 Å². The quantitative estimate of drug-likeness (QED) is 0.428. The molecular formula is C15H17Cl2N2O5S2+. The van der Waals surface area contributed by atoms with Gasteiger partial charge in [0, 0.05) is 16.7 Å². The van der Waals surface area contributed by atoms with Crippen molar-refractivity contribution in [2.45, 2.75) is 18.7 Å². The summed E-state index contributed by atoms with van der Waals surface area (Å²) in [4.78, 5) is -0.331. The highest BCUT2D eigenvalue weighted by molar-refractivity contribution is 7.85. The Kier molecular flexibility index (Phi) is 8.04. The maximum absolute atomic E-state index is 11.0. The minimum Gasteiger partial charge on any atom is -0.397 e. The Labute approximate surface area is 163 Å². The molecule has 0 aliphatic heterocycles. The van der Waals surface area contributed by atoms with E-state index in [1.54, 1.807) is 32.0 Å². The van der Waals surface area contributed by atoms with Crippen molar-refractivity contribution in [3.8, 4) is 0 Å². The molecule has 0 unspecified atom stereocenters. The molecule has 2 aromatic carbocycles. The van der Waals surface area contributed by atoms with E-state index in [2.05, 4.69) is 0 Å². The molecule has 7 nitrogen and oxygen atoms in total. The minimum atomic E-state index is -4.34. The summed E-state index contributed by atoms with van der Waals surface area (Å²) in [5.74, 6) is 0. The monoisotopic (exact) mass is 439 g/mol. The van der Waals surface area contributed by atoms with E-state index in [0.29, 0.717) is 21.3 Å². The summed E-state index contributed by atoms with van der Waals surface area (Å²) in [7, 11) is -6.83. The highest BCUT2D eigenvalue weighted by Crippen LogP contribution is 2.23. The lowest BCUT2D eigenvalue weighted by Crippen LogP contribution is -2.06. The lowest BCUT2D eigenvalue weighted by Gasteiger charge is -2.01. The highest BCUT2D eigenvalue weighted by Gasteiger charge is 2.19. The van der Waals surface area contributed by atoms with E-state index < -0.39 is 20.6 Å². The topological polar surface area (TPSA) is 118 Å². The van der Waals surface area contributed by atoms with Crippen molar-refractivity contribution in [3.63, 3.8) is 0 Å². The second-order valence-electron chi connectivity index (χ2n) is 5.00. The summed E-state index contributed by atoms with van der Waals surface area (Å²) >= 11 is 11.2. The lowest BCUT2D eigenvalue weighted by molar-refractivity contribution is -0.410. The number of nitrogen functional groups attached to an aromatic ring is 1. The first-order valence-electron chi connectivity index (χ1n) is 7.13. The molecule has 0 atom stereocenters. The predicted molar refractivity (Wildman–Crippen MR) is 101 cm³/mol. The molecule has 0 saturated carbocycles. The van der Waals surface area contributed by atoms with Gasteiger partial charge in [-0.15, -0.1) is 8.42 Å². The van der Waals surface area contributed by atoms with Crippen molar-refractivity contribution in [2.75, 3.05) is 12.3 Å². The molecule has 142 valence electrons. The molecule has 0 spiro atoms. The SMILES string of the molecule is CC[N+](c1cc(S(=O)(=O)O)ccc1C)=S(=O)=O.Nc1cc(Cl)ccc1Cl. The van der Waals surface area contributed by atoms with Crippen LogP contribution in [0, 0.1) is 6.92 Å². The van der Waals surface area contributed by atoms with E-state index in [1.807, 2.05) is 0 Å². The van der Waals surface area contributed by atoms with Gasteiger partial charge < -0.3 is 5.73 Å². The number of halogens is 2. The molecule has 0 amide bonds. The summed E-state index contributed by atoms with van der Waals surface area (Å²) in [6, 6.07) is 8.76. The Balaban J connectivity index is 0.000000314. The largest absolute Gasteiger partial charge is 0.465 e. The Morgan fingerprint density at radius 2 is 1.77 bits per heavy atom. The zero-order chi connectivity index (χ0) is 20.1. The third kappa shape index (κ3) is 6.26. The fourth-order valence-corrected chi connectivity index (χ4v) is 3.26. The Bertz CT molecular complexity index is 1040. The van der Waals surface area contributed by atoms with Crippen LogP contribution in [0.25, 0.3) is 0 Å². The van der Waals surface area contributed by atoms with Crippen LogP contribution in [0.4, 0.5) is 11.4 Å². The van der Waals surface area contributed by atoms with Gasteiger partial charge in [0.05, 0.1) is 10.7 Å². The number of anilines is 1. The van der Waals surface area contributed by atoms with Gasteiger partial charge in [0.15, 0.2) is 6.54 Å². The van der Waals surface area contributed by atoms with Crippen molar-refractivity contribution in [1.82, 2.24) is 0 Å². The molecule has 0 heterocycles. The number of hydrogen-bond acceptors (Lipinski definition) is 5. The van der Waals surface area contributed by atoms with Gasteiger partial charge in [-0.3, -0.25) is 4.55 Å². The normalized spacial score (nSPS) is 10.7. The van der Waals surface area contributed by atoms with Crippen LogP contribution in [-0.4, -0.2) is 31.9 Å². The van der Waals surface area contributed by atoms with Gasteiger partial charge in [-0.05, 0) is 38.1 Å². The molecule has 11 heteroatoms. The van der Waals surface area contributed by atoms with Gasteiger partial charge in [-0.25, -0.2) is 0 Å². The molecule has 2 rings (SSSR count). The first-order chi connectivity index (χ1) is 12.0. The highest BCUT2D eigenvalue weighted by atomic mass is 35.5. The van der Waals surface area contributed by atoms with E-state index in [4.69, 9.17) is 33.5 Å². The smallest absolute Gasteiger partial charge is 0.397 e. The van der Waals surface area contributed by atoms with Gasteiger partial charge in [0.1, 0.15) is 4.90 Å². The van der Waals surface area contributed by atoms with Crippen LogP contribution in [0.2, 0.25) is 10.0 Å². The van der Waals surface area contributed by atoms with E-state index >= 15 is 0 Å². The molecule has 0 fully saturated rings. The van der Waals surface area contributed by atoms with Crippen LogP contribution in [0.3, 0.4) is 0 Å². The van der Waals surface area contributed by atoms with Crippen LogP contribution >= 0.6 is 23.2 Å². The van der Waals surface area contributed by atoms with E-state index in [1.165, 1.54) is 12.1 Å². The maximum Gasteiger partial charge on any atom is 0.465 e. The average molecular weight is 440 g/mol. The molecule has 3 N–H and O–H groups in total. The standard InChI is InChI=1S/C9H11NO5S2.C6H5Cl2N/c1-3-10(16(11)12)9-6-8(17(13,14)15)5-4-7(9)2;7-4-1-2-5(8)6(9)3-4/h4-6H,3H2,1-2H3;1-3H,9H2/p+1. The van der Waals surface area contributed by atoms with Crippen molar-refractivity contribution in [1.29, 1.82) is 0 Å². The zero-order valence-electron chi connectivity index (χ0n) is 13.8. The van der Waals surface area contributed by atoms with Crippen molar-refractivity contribution < 1.29 is 25.3 Å². The van der Waals surface area contributed by atoms with Gasteiger partial charge in [0.25, 0.3) is 10.1 Å². The number of hydrogen-bond donors (Lipinski definition) is 2. The summed E-state index contributed by atoms with van der Waals surface area (Å²) in [5.41, 5.74) is 6.75. The number of benzene rings is 2. The number of rotatable bonds is 3. The Morgan fingerprint density at radius 3 is 2.19 bits per heavy atom. The van der Waals surface area contributed by atoms with E-state index in [-0.39, 0.29) is 17.1 Å². The third-order valence-electron chi connectivity index (χ3n) is 3.17. The minimum absolute atomic E-state index is 0.173. The van der Waals surface area contributed by atoms with Crippen molar-refractivity contribution >= 4 is 55.2 Å². The molecule has 0 aromatic heterocycles. The number of nitrogens with two attached hydrogens (primary N) is 1. The van der Waals surface area contributed by atoms with Gasteiger partial charge in [-0.2, -0.15) is 8.42 Å².